The molecule has 21 heavy (non-hydrogen) atoms. The monoisotopic (exact) mass is 339 g/mol. The first-order valence-corrected chi connectivity index (χ1v) is 9.55. The Morgan fingerprint density at radius 2 is 1.81 bits per heavy atom. The summed E-state index contributed by atoms with van der Waals surface area (Å²) in [5.41, 5.74) is -0.667. The van der Waals surface area contributed by atoms with Gasteiger partial charge in [-0.3, -0.25) is 0 Å². The molecule has 0 bridgehead atoms. The van der Waals surface area contributed by atoms with Crippen molar-refractivity contribution in [2.75, 3.05) is 19.8 Å². The molecule has 0 aliphatic carbocycles. The van der Waals surface area contributed by atoms with E-state index in [1.807, 2.05) is 0 Å². The fourth-order valence-corrected chi connectivity index (χ4v) is 3.48. The summed E-state index contributed by atoms with van der Waals surface area (Å²) < 4.78 is 55.3. The van der Waals surface area contributed by atoms with Gasteiger partial charge in [-0.05, 0) is 33.0 Å². The zero-order valence-corrected chi connectivity index (χ0v) is 14.1. The van der Waals surface area contributed by atoms with E-state index in [4.69, 9.17) is 4.42 Å². The molecule has 1 aromatic rings. The van der Waals surface area contributed by atoms with Crippen molar-refractivity contribution in [2.45, 2.75) is 31.0 Å². The zero-order valence-electron chi connectivity index (χ0n) is 12.4. The maximum Gasteiger partial charge on any atom is 0.273 e. The van der Waals surface area contributed by atoms with Gasteiger partial charge >= 0.3 is 0 Å². The third kappa shape index (κ3) is 6.14. The summed E-state index contributed by atoms with van der Waals surface area (Å²) in [6, 6.07) is 2.91. The summed E-state index contributed by atoms with van der Waals surface area (Å²) in [4.78, 5) is 0. The van der Waals surface area contributed by atoms with Crippen molar-refractivity contribution in [3.05, 3.63) is 17.9 Å². The van der Waals surface area contributed by atoms with Crippen LogP contribution >= 0.6 is 0 Å². The molecule has 0 aliphatic rings. The lowest BCUT2D eigenvalue weighted by Gasteiger charge is -2.25. The Balaban J connectivity index is 2.58. The molecule has 0 fully saturated rings. The van der Waals surface area contributed by atoms with E-state index in [0.717, 1.165) is 6.26 Å². The third-order valence-electron chi connectivity index (χ3n) is 2.50. The van der Waals surface area contributed by atoms with Gasteiger partial charge < -0.3 is 9.73 Å². The Bertz CT molecular complexity index is 676. The summed E-state index contributed by atoms with van der Waals surface area (Å²) >= 11 is 0. The molecule has 1 rings (SSSR count). The van der Waals surface area contributed by atoms with Crippen LogP contribution in [-0.4, -0.2) is 42.2 Å². The molecule has 0 spiro atoms. The van der Waals surface area contributed by atoms with Gasteiger partial charge in [0.05, 0.1) is 12.8 Å². The third-order valence-corrected chi connectivity index (χ3v) is 4.71. The van der Waals surface area contributed by atoms with Gasteiger partial charge in [0.1, 0.15) is 5.76 Å². The molecule has 0 radical (unpaired) electrons. The van der Waals surface area contributed by atoms with Gasteiger partial charge in [-0.2, -0.15) is 0 Å². The topological polar surface area (TPSA) is 118 Å². The smallest absolute Gasteiger partial charge is 0.273 e. The highest BCUT2D eigenvalue weighted by molar-refractivity contribution is 7.89. The minimum Gasteiger partial charge on any atom is -0.447 e. The van der Waals surface area contributed by atoms with Gasteiger partial charge in [-0.15, -0.1) is 0 Å². The standard InChI is InChI=1S/C11H21N3O5S2/c1-11(2,14-20(4,15)16)8-13-7-9-5-6-10(19-9)21(17,18)12-3/h5-6,12-14H,7-8H2,1-4H3. The first kappa shape index (κ1) is 18.1. The van der Waals surface area contributed by atoms with E-state index in [0.29, 0.717) is 12.3 Å². The van der Waals surface area contributed by atoms with Crippen molar-refractivity contribution >= 4 is 20.0 Å². The first-order chi connectivity index (χ1) is 9.45. The first-order valence-electron chi connectivity index (χ1n) is 6.17. The van der Waals surface area contributed by atoms with E-state index in [-0.39, 0.29) is 11.6 Å². The SMILES string of the molecule is CNS(=O)(=O)c1ccc(CNCC(C)(C)NS(C)(=O)=O)o1. The van der Waals surface area contributed by atoms with Crippen LogP contribution in [0.1, 0.15) is 19.6 Å². The van der Waals surface area contributed by atoms with Crippen LogP contribution in [-0.2, 0) is 26.6 Å². The van der Waals surface area contributed by atoms with Crippen molar-refractivity contribution in [1.29, 1.82) is 0 Å². The van der Waals surface area contributed by atoms with Gasteiger partial charge in [0.2, 0.25) is 15.1 Å². The van der Waals surface area contributed by atoms with Gasteiger partial charge in [0, 0.05) is 12.1 Å². The van der Waals surface area contributed by atoms with Crippen LogP contribution in [0, 0.1) is 0 Å². The molecule has 1 aromatic heterocycles. The molecule has 10 heteroatoms. The summed E-state index contributed by atoms with van der Waals surface area (Å²) in [7, 11) is -5.59. The van der Waals surface area contributed by atoms with E-state index < -0.39 is 25.6 Å². The lowest BCUT2D eigenvalue weighted by molar-refractivity contribution is 0.376. The summed E-state index contributed by atoms with van der Waals surface area (Å²) in [5, 5.41) is 2.85. The summed E-state index contributed by atoms with van der Waals surface area (Å²) in [5.74, 6) is 0.444. The Morgan fingerprint density at radius 3 is 2.33 bits per heavy atom. The Morgan fingerprint density at radius 1 is 1.19 bits per heavy atom. The number of rotatable bonds is 8. The largest absolute Gasteiger partial charge is 0.447 e. The lowest BCUT2D eigenvalue weighted by Crippen LogP contribution is -2.49. The van der Waals surface area contributed by atoms with Crippen LogP contribution in [0.25, 0.3) is 0 Å². The molecular formula is C11H21N3O5S2. The van der Waals surface area contributed by atoms with Gasteiger partial charge in [-0.1, -0.05) is 0 Å². The molecule has 0 unspecified atom stereocenters. The van der Waals surface area contributed by atoms with E-state index in [1.54, 1.807) is 19.9 Å². The van der Waals surface area contributed by atoms with Crippen LogP contribution in [0.3, 0.4) is 0 Å². The van der Waals surface area contributed by atoms with Crippen molar-refractivity contribution in [2.24, 2.45) is 0 Å². The van der Waals surface area contributed by atoms with Gasteiger partial charge in [-0.25, -0.2) is 26.3 Å². The van der Waals surface area contributed by atoms with Gasteiger partial charge in [0.25, 0.3) is 10.0 Å². The lowest BCUT2D eigenvalue weighted by atomic mass is 10.1. The predicted molar refractivity (Wildman–Crippen MR) is 78.7 cm³/mol. The molecular weight excluding hydrogens is 318 g/mol. The Labute approximate surface area is 125 Å². The average Bonchev–Trinajstić information content (AvgIpc) is 2.75. The average molecular weight is 339 g/mol. The quantitative estimate of drug-likeness (QED) is 0.593. The highest BCUT2D eigenvalue weighted by atomic mass is 32.2. The maximum atomic E-state index is 11.5. The highest BCUT2D eigenvalue weighted by Gasteiger charge is 2.22. The number of furan rings is 1. The second-order valence-electron chi connectivity index (χ2n) is 5.29. The molecule has 0 saturated heterocycles. The zero-order chi connectivity index (χ0) is 16.3. The van der Waals surface area contributed by atoms with Crippen LogP contribution in [0.4, 0.5) is 0 Å². The van der Waals surface area contributed by atoms with Gasteiger partial charge in [0.15, 0.2) is 0 Å². The minimum atomic E-state index is -3.59. The highest BCUT2D eigenvalue weighted by Crippen LogP contribution is 2.13. The number of hydrogen-bond donors (Lipinski definition) is 3. The Kier molecular flexibility index (Phi) is 5.56. The fourth-order valence-electron chi connectivity index (χ4n) is 1.73. The predicted octanol–water partition coefficient (Wildman–Crippen LogP) is -0.395. The second-order valence-corrected chi connectivity index (χ2v) is 8.86. The number of nitrogens with one attached hydrogen (secondary N) is 3. The normalized spacial score (nSPS) is 13.5. The minimum absolute atomic E-state index is 0.157. The molecule has 8 nitrogen and oxygen atoms in total. The number of sulfonamides is 2. The second kappa shape index (κ2) is 6.44. The molecule has 3 N–H and O–H groups in total. The number of hydrogen-bond acceptors (Lipinski definition) is 6. The van der Waals surface area contributed by atoms with Crippen molar-refractivity contribution in [1.82, 2.24) is 14.8 Å². The molecule has 0 amide bonds. The van der Waals surface area contributed by atoms with Crippen molar-refractivity contribution < 1.29 is 21.3 Å². The van der Waals surface area contributed by atoms with E-state index in [9.17, 15) is 16.8 Å². The summed E-state index contributed by atoms with van der Waals surface area (Å²) in [6.07, 6.45) is 1.09. The van der Waals surface area contributed by atoms with Crippen LogP contribution < -0.4 is 14.8 Å². The van der Waals surface area contributed by atoms with E-state index in [1.165, 1.54) is 13.1 Å². The van der Waals surface area contributed by atoms with Crippen LogP contribution in [0.5, 0.6) is 0 Å². The molecule has 1 heterocycles. The van der Waals surface area contributed by atoms with Crippen molar-refractivity contribution in [3.8, 4) is 0 Å². The molecule has 0 saturated carbocycles. The molecule has 0 aromatic carbocycles. The molecule has 122 valence electrons. The van der Waals surface area contributed by atoms with E-state index in [2.05, 4.69) is 14.8 Å². The van der Waals surface area contributed by atoms with Crippen LogP contribution in [0.2, 0.25) is 0 Å². The van der Waals surface area contributed by atoms with Crippen molar-refractivity contribution in [3.63, 3.8) is 0 Å². The molecule has 0 aliphatic heterocycles. The van der Waals surface area contributed by atoms with Crippen LogP contribution in [0.15, 0.2) is 21.6 Å². The van der Waals surface area contributed by atoms with E-state index >= 15 is 0 Å². The molecule has 0 atom stereocenters. The maximum absolute atomic E-state index is 11.5. The Hall–Kier alpha value is -0.940. The summed E-state index contributed by atoms with van der Waals surface area (Å²) in [6.45, 7) is 4.11. The fraction of sp³-hybridized carbons (Fsp3) is 0.636.